The molecule has 3 heteroatoms. The highest BCUT2D eigenvalue weighted by atomic mass is 35.5. The third-order valence-corrected chi connectivity index (χ3v) is 5.62. The molecule has 1 aromatic carbocycles. The van der Waals surface area contributed by atoms with Crippen molar-refractivity contribution in [1.29, 1.82) is 0 Å². The van der Waals surface area contributed by atoms with E-state index in [1.54, 1.807) is 0 Å². The molecule has 0 saturated heterocycles. The van der Waals surface area contributed by atoms with Crippen LogP contribution in [0.4, 0.5) is 0 Å². The minimum absolute atomic E-state index is 0.00261. The lowest BCUT2D eigenvalue weighted by atomic mass is 9.84. The Morgan fingerprint density at radius 1 is 1.30 bits per heavy atom. The Morgan fingerprint density at radius 2 is 2.20 bits per heavy atom. The van der Waals surface area contributed by atoms with Crippen LogP contribution >= 0.6 is 11.6 Å². The topological polar surface area (TPSA) is 39.2 Å². The van der Waals surface area contributed by atoms with Crippen molar-refractivity contribution in [2.45, 2.75) is 38.1 Å². The summed E-state index contributed by atoms with van der Waals surface area (Å²) in [5, 5.41) is 1.72. The number of rotatable bonds is 3. The van der Waals surface area contributed by atoms with Crippen molar-refractivity contribution in [3.8, 4) is 0 Å². The number of para-hydroxylation sites is 1. The molecule has 1 heterocycles. The molecule has 106 valence electrons. The fourth-order valence-corrected chi connectivity index (χ4v) is 4.56. The first kappa shape index (κ1) is 12.7. The largest absolute Gasteiger partial charge is 0.458 e. The SMILES string of the molecule is NC(CC1CC2CCC1C2)c1cc2cccc(Cl)c2o1. The lowest BCUT2D eigenvalue weighted by molar-refractivity contribution is 0.285. The lowest BCUT2D eigenvalue weighted by Crippen LogP contribution is -2.19. The maximum Gasteiger partial charge on any atom is 0.152 e. The van der Waals surface area contributed by atoms with E-state index in [4.69, 9.17) is 21.8 Å². The van der Waals surface area contributed by atoms with E-state index in [2.05, 4.69) is 6.07 Å². The van der Waals surface area contributed by atoms with E-state index in [0.717, 1.165) is 40.9 Å². The molecule has 2 N–H and O–H groups in total. The quantitative estimate of drug-likeness (QED) is 0.872. The Kier molecular flexibility index (Phi) is 3.04. The average Bonchev–Trinajstić information content (AvgIpc) is 3.12. The second-order valence-electron chi connectivity index (χ2n) is 6.58. The molecule has 4 rings (SSSR count). The van der Waals surface area contributed by atoms with Crippen LogP contribution in [0.2, 0.25) is 5.02 Å². The van der Waals surface area contributed by atoms with Crippen LogP contribution < -0.4 is 5.73 Å². The number of halogens is 1. The van der Waals surface area contributed by atoms with Crippen molar-refractivity contribution < 1.29 is 4.42 Å². The fraction of sp³-hybridized carbons (Fsp3) is 0.529. The van der Waals surface area contributed by atoms with Crippen molar-refractivity contribution in [3.05, 3.63) is 35.0 Å². The number of furan rings is 1. The van der Waals surface area contributed by atoms with Gasteiger partial charge in [-0.2, -0.15) is 0 Å². The molecule has 2 bridgehead atoms. The number of fused-ring (bicyclic) bond motifs is 3. The Balaban J connectivity index is 1.55. The number of hydrogen-bond donors (Lipinski definition) is 1. The molecule has 0 amide bonds. The summed E-state index contributed by atoms with van der Waals surface area (Å²) >= 11 is 6.16. The molecule has 20 heavy (non-hydrogen) atoms. The molecule has 0 spiro atoms. The zero-order valence-corrected chi connectivity index (χ0v) is 12.3. The zero-order chi connectivity index (χ0) is 13.7. The summed E-state index contributed by atoms with van der Waals surface area (Å²) in [4.78, 5) is 0. The van der Waals surface area contributed by atoms with Gasteiger partial charge in [-0.3, -0.25) is 0 Å². The maximum absolute atomic E-state index is 6.38. The van der Waals surface area contributed by atoms with Crippen LogP contribution in [0.1, 0.15) is 43.9 Å². The Labute approximate surface area is 124 Å². The highest BCUT2D eigenvalue weighted by Gasteiger charge is 2.40. The number of nitrogens with two attached hydrogens (primary N) is 1. The Bertz CT molecular complexity index is 635. The van der Waals surface area contributed by atoms with E-state index < -0.39 is 0 Å². The molecule has 2 aromatic rings. The van der Waals surface area contributed by atoms with Crippen LogP contribution in [-0.2, 0) is 0 Å². The summed E-state index contributed by atoms with van der Waals surface area (Å²) < 4.78 is 5.89. The highest BCUT2D eigenvalue weighted by Crippen LogP contribution is 2.50. The van der Waals surface area contributed by atoms with E-state index in [-0.39, 0.29) is 6.04 Å². The van der Waals surface area contributed by atoms with Gasteiger partial charge in [0.2, 0.25) is 0 Å². The fourth-order valence-electron chi connectivity index (χ4n) is 4.34. The van der Waals surface area contributed by atoms with Gasteiger partial charge >= 0.3 is 0 Å². The maximum atomic E-state index is 6.38. The van der Waals surface area contributed by atoms with E-state index in [9.17, 15) is 0 Å². The summed E-state index contributed by atoms with van der Waals surface area (Å²) in [6, 6.07) is 7.89. The standard InChI is InChI=1S/C17H20ClNO/c18-14-3-1-2-12-9-16(20-17(12)14)15(19)8-13-7-10-4-5-11(13)6-10/h1-3,9-11,13,15H,4-8,19H2. The predicted octanol–water partition coefficient (Wildman–Crippen LogP) is 4.91. The molecule has 2 saturated carbocycles. The van der Waals surface area contributed by atoms with Gasteiger partial charge in [-0.25, -0.2) is 0 Å². The molecule has 2 aliphatic rings. The number of hydrogen-bond acceptors (Lipinski definition) is 2. The van der Waals surface area contributed by atoms with Crippen LogP contribution in [0.15, 0.2) is 28.7 Å². The monoisotopic (exact) mass is 289 g/mol. The molecule has 0 radical (unpaired) electrons. The van der Waals surface area contributed by atoms with Gasteiger partial charge < -0.3 is 10.2 Å². The van der Waals surface area contributed by atoms with Gasteiger partial charge in [-0.15, -0.1) is 0 Å². The minimum Gasteiger partial charge on any atom is -0.458 e. The molecule has 2 aliphatic carbocycles. The van der Waals surface area contributed by atoms with Gasteiger partial charge in [-0.05, 0) is 55.6 Å². The van der Waals surface area contributed by atoms with Crippen molar-refractivity contribution >= 4 is 22.6 Å². The normalized spacial score (nSPS) is 30.2. The summed E-state index contributed by atoms with van der Waals surface area (Å²) in [6.45, 7) is 0. The third-order valence-electron chi connectivity index (χ3n) is 5.32. The van der Waals surface area contributed by atoms with Crippen LogP contribution in [0.25, 0.3) is 11.0 Å². The van der Waals surface area contributed by atoms with Gasteiger partial charge in [0.05, 0.1) is 11.1 Å². The van der Waals surface area contributed by atoms with E-state index >= 15 is 0 Å². The molecule has 4 unspecified atom stereocenters. The molecule has 0 aliphatic heterocycles. The van der Waals surface area contributed by atoms with Crippen LogP contribution in [0, 0.1) is 17.8 Å². The van der Waals surface area contributed by atoms with Crippen LogP contribution in [-0.4, -0.2) is 0 Å². The molecule has 4 atom stereocenters. The van der Waals surface area contributed by atoms with Crippen molar-refractivity contribution in [3.63, 3.8) is 0 Å². The summed E-state index contributed by atoms with van der Waals surface area (Å²) in [5.74, 6) is 3.57. The number of benzene rings is 1. The summed E-state index contributed by atoms with van der Waals surface area (Å²) in [5.41, 5.74) is 7.15. The predicted molar refractivity (Wildman–Crippen MR) is 81.7 cm³/mol. The summed E-state index contributed by atoms with van der Waals surface area (Å²) in [6.07, 6.45) is 6.71. The Hall–Kier alpha value is -0.990. The first-order chi connectivity index (χ1) is 9.70. The molecule has 2 fully saturated rings. The molecule has 1 aromatic heterocycles. The van der Waals surface area contributed by atoms with Gasteiger partial charge in [0.1, 0.15) is 5.76 Å². The molecule has 2 nitrogen and oxygen atoms in total. The van der Waals surface area contributed by atoms with Crippen LogP contribution in [0.3, 0.4) is 0 Å². The zero-order valence-electron chi connectivity index (χ0n) is 11.5. The highest BCUT2D eigenvalue weighted by molar-refractivity contribution is 6.34. The van der Waals surface area contributed by atoms with Gasteiger partial charge in [0.15, 0.2) is 5.58 Å². The van der Waals surface area contributed by atoms with Crippen LogP contribution in [0.5, 0.6) is 0 Å². The molecular formula is C17H20ClNO. The summed E-state index contributed by atoms with van der Waals surface area (Å²) in [7, 11) is 0. The van der Waals surface area contributed by atoms with Crippen molar-refractivity contribution in [1.82, 2.24) is 0 Å². The molecular weight excluding hydrogens is 270 g/mol. The third kappa shape index (κ3) is 2.06. The van der Waals surface area contributed by atoms with E-state index in [1.165, 1.54) is 25.7 Å². The van der Waals surface area contributed by atoms with E-state index in [1.807, 2.05) is 18.2 Å². The van der Waals surface area contributed by atoms with Gasteiger partial charge in [0.25, 0.3) is 0 Å². The first-order valence-corrected chi connectivity index (χ1v) is 8.02. The lowest BCUT2D eigenvalue weighted by Gasteiger charge is -2.23. The van der Waals surface area contributed by atoms with Crippen molar-refractivity contribution in [2.24, 2.45) is 23.5 Å². The average molecular weight is 290 g/mol. The Morgan fingerprint density at radius 3 is 2.90 bits per heavy atom. The minimum atomic E-state index is 0.00261. The van der Waals surface area contributed by atoms with Gasteiger partial charge in [-0.1, -0.05) is 30.2 Å². The second kappa shape index (κ2) is 4.78. The van der Waals surface area contributed by atoms with E-state index in [0.29, 0.717) is 5.02 Å². The smallest absolute Gasteiger partial charge is 0.152 e. The van der Waals surface area contributed by atoms with Crippen molar-refractivity contribution in [2.75, 3.05) is 0 Å². The second-order valence-corrected chi connectivity index (χ2v) is 6.99. The first-order valence-electron chi connectivity index (χ1n) is 7.64. The van der Waals surface area contributed by atoms with Gasteiger partial charge in [0, 0.05) is 5.39 Å².